The molecule has 1 heterocycles. The molecule has 0 atom stereocenters. The van der Waals surface area contributed by atoms with Gasteiger partial charge in [0.25, 0.3) is 5.95 Å². The lowest BCUT2D eigenvalue weighted by molar-refractivity contribution is -0.115. The van der Waals surface area contributed by atoms with Crippen molar-refractivity contribution in [3.05, 3.63) is 0 Å². The first kappa shape index (κ1) is 7.76. The Labute approximate surface area is 59.0 Å². The number of aromatic nitrogens is 4. The lowest BCUT2D eigenvalue weighted by atomic mass is 10.6. The first-order valence-electron chi connectivity index (χ1n) is 2.62. The van der Waals surface area contributed by atoms with Gasteiger partial charge in [0.15, 0.2) is 0 Å². The number of rotatable bonds is 2. The van der Waals surface area contributed by atoms with Gasteiger partial charge in [0.2, 0.25) is 0 Å². The molecule has 0 unspecified atom stereocenters. The van der Waals surface area contributed by atoms with Crippen LogP contribution in [0.3, 0.4) is 0 Å². The summed E-state index contributed by atoms with van der Waals surface area (Å²) in [6.07, 6.45) is -4.26. The molecule has 0 aliphatic rings. The van der Waals surface area contributed by atoms with Gasteiger partial charge in [-0.2, -0.15) is 18.4 Å². The van der Waals surface area contributed by atoms with E-state index in [2.05, 4.69) is 15.4 Å². The maximum Gasteiger partial charge on any atom is 0.405 e. The first-order valence-corrected chi connectivity index (χ1v) is 2.62. The number of nitrogens with one attached hydrogen (secondary N) is 2. The highest BCUT2D eigenvalue weighted by Gasteiger charge is 2.27. The molecule has 11 heavy (non-hydrogen) atoms. The summed E-state index contributed by atoms with van der Waals surface area (Å²) in [6, 6.07) is 0. The van der Waals surface area contributed by atoms with E-state index in [1.807, 2.05) is 10.5 Å². The van der Waals surface area contributed by atoms with Crippen molar-refractivity contribution in [3.8, 4) is 0 Å². The largest absolute Gasteiger partial charge is 0.405 e. The van der Waals surface area contributed by atoms with E-state index in [-0.39, 0.29) is 5.95 Å². The molecular formula is C3H4F3N5. The van der Waals surface area contributed by atoms with Crippen LogP contribution in [0, 0.1) is 0 Å². The number of hydrogen-bond donors (Lipinski definition) is 2. The summed E-state index contributed by atoms with van der Waals surface area (Å²) in [5.74, 6) is -0.165. The summed E-state index contributed by atoms with van der Waals surface area (Å²) < 4.78 is 34.5. The van der Waals surface area contributed by atoms with E-state index in [4.69, 9.17) is 0 Å². The molecule has 0 fully saturated rings. The average molecular weight is 167 g/mol. The van der Waals surface area contributed by atoms with Crippen LogP contribution in [0.4, 0.5) is 19.1 Å². The first-order chi connectivity index (χ1) is 5.08. The molecule has 5 nitrogen and oxygen atoms in total. The predicted molar refractivity (Wildman–Crippen MR) is 28.7 cm³/mol. The van der Waals surface area contributed by atoms with E-state index < -0.39 is 12.7 Å². The smallest absolute Gasteiger partial charge is 0.342 e. The zero-order valence-electron chi connectivity index (χ0n) is 5.18. The molecule has 1 aromatic heterocycles. The van der Waals surface area contributed by atoms with Crippen molar-refractivity contribution in [2.45, 2.75) is 6.18 Å². The molecule has 0 aromatic carbocycles. The molecule has 1 aromatic rings. The molecule has 0 saturated heterocycles. The lowest BCUT2D eigenvalue weighted by Gasteiger charge is -2.04. The molecule has 2 N–H and O–H groups in total. The summed E-state index contributed by atoms with van der Waals surface area (Å²) in [6.45, 7) is -1.16. The fraction of sp³-hybridized carbons (Fsp3) is 0.667. The molecular weight excluding hydrogens is 163 g/mol. The second kappa shape index (κ2) is 2.72. The number of tetrazole rings is 1. The summed E-state index contributed by atoms with van der Waals surface area (Å²) in [5, 5.41) is 13.5. The SMILES string of the molecule is FC(F)(F)CNc1nn[nH]n1. The van der Waals surface area contributed by atoms with Gasteiger partial charge in [0.05, 0.1) is 0 Å². The van der Waals surface area contributed by atoms with Crippen molar-refractivity contribution >= 4 is 5.95 Å². The van der Waals surface area contributed by atoms with Crippen LogP contribution in [-0.4, -0.2) is 33.3 Å². The summed E-state index contributed by atoms with van der Waals surface area (Å²) in [5.41, 5.74) is 0. The maximum absolute atomic E-state index is 11.5. The monoisotopic (exact) mass is 167 g/mol. The second-order valence-corrected chi connectivity index (χ2v) is 1.70. The van der Waals surface area contributed by atoms with E-state index >= 15 is 0 Å². The van der Waals surface area contributed by atoms with Crippen LogP contribution in [0.25, 0.3) is 0 Å². The zero-order chi connectivity index (χ0) is 8.32. The lowest BCUT2D eigenvalue weighted by Crippen LogP contribution is -2.21. The van der Waals surface area contributed by atoms with Crippen LogP contribution < -0.4 is 5.32 Å². The molecule has 8 heteroatoms. The number of halogens is 3. The molecule has 1 rings (SSSR count). The van der Waals surface area contributed by atoms with Crippen LogP contribution in [0.1, 0.15) is 0 Å². The Morgan fingerprint density at radius 1 is 1.45 bits per heavy atom. The van der Waals surface area contributed by atoms with Gasteiger partial charge in [0.1, 0.15) is 6.54 Å². The third kappa shape index (κ3) is 2.83. The fourth-order valence-electron chi connectivity index (χ4n) is 0.416. The van der Waals surface area contributed by atoms with E-state index in [0.717, 1.165) is 0 Å². The maximum atomic E-state index is 11.5. The van der Waals surface area contributed by atoms with Gasteiger partial charge in [-0.1, -0.05) is 5.10 Å². The molecule has 0 spiro atoms. The van der Waals surface area contributed by atoms with E-state index in [0.29, 0.717) is 0 Å². The van der Waals surface area contributed by atoms with Gasteiger partial charge in [0, 0.05) is 0 Å². The molecule has 0 saturated carbocycles. The Morgan fingerprint density at radius 3 is 2.64 bits per heavy atom. The van der Waals surface area contributed by atoms with E-state index in [1.54, 1.807) is 0 Å². The van der Waals surface area contributed by atoms with Gasteiger partial charge < -0.3 is 5.32 Å². The van der Waals surface area contributed by atoms with Gasteiger partial charge in [-0.05, 0) is 5.21 Å². The second-order valence-electron chi connectivity index (χ2n) is 1.70. The topological polar surface area (TPSA) is 66.5 Å². The van der Waals surface area contributed by atoms with Gasteiger partial charge in [-0.15, -0.1) is 5.10 Å². The highest BCUT2D eigenvalue weighted by Crippen LogP contribution is 2.13. The number of aromatic amines is 1. The third-order valence-electron chi connectivity index (χ3n) is 0.792. The number of hydrogen-bond acceptors (Lipinski definition) is 4. The standard InChI is InChI=1S/C3H4F3N5/c4-3(5,6)1-7-2-8-10-11-9-2/h1H2,(H2,7,8,9,10,11). The Hall–Kier alpha value is -1.34. The van der Waals surface area contributed by atoms with Crippen LogP contribution in [0.2, 0.25) is 0 Å². The molecule has 62 valence electrons. The van der Waals surface area contributed by atoms with Crippen LogP contribution in [0.5, 0.6) is 0 Å². The summed E-state index contributed by atoms with van der Waals surface area (Å²) in [4.78, 5) is 0. The molecule has 0 bridgehead atoms. The minimum absolute atomic E-state index is 0.165. The van der Waals surface area contributed by atoms with Crippen molar-refractivity contribution in [3.63, 3.8) is 0 Å². The molecule has 0 radical (unpaired) electrons. The molecule has 0 aliphatic heterocycles. The number of H-pyrrole nitrogens is 1. The Kier molecular flexibility index (Phi) is 1.92. The fourth-order valence-corrected chi connectivity index (χ4v) is 0.416. The van der Waals surface area contributed by atoms with Gasteiger partial charge in [-0.25, -0.2) is 0 Å². The van der Waals surface area contributed by atoms with Crippen molar-refractivity contribution < 1.29 is 13.2 Å². The number of nitrogens with zero attached hydrogens (tertiary/aromatic N) is 3. The van der Waals surface area contributed by atoms with Crippen molar-refractivity contribution in [1.29, 1.82) is 0 Å². The highest BCUT2D eigenvalue weighted by atomic mass is 19.4. The number of alkyl halides is 3. The van der Waals surface area contributed by atoms with E-state index in [9.17, 15) is 13.2 Å². The zero-order valence-corrected chi connectivity index (χ0v) is 5.18. The Morgan fingerprint density at radius 2 is 2.18 bits per heavy atom. The number of anilines is 1. The van der Waals surface area contributed by atoms with Crippen molar-refractivity contribution in [2.75, 3.05) is 11.9 Å². The van der Waals surface area contributed by atoms with Gasteiger partial charge >= 0.3 is 6.18 Å². The van der Waals surface area contributed by atoms with Crippen molar-refractivity contribution in [1.82, 2.24) is 20.6 Å². The summed E-state index contributed by atoms with van der Waals surface area (Å²) >= 11 is 0. The van der Waals surface area contributed by atoms with Crippen molar-refractivity contribution in [2.24, 2.45) is 0 Å². The normalized spacial score (nSPS) is 11.5. The highest BCUT2D eigenvalue weighted by molar-refractivity contribution is 5.18. The molecule has 0 aliphatic carbocycles. The minimum Gasteiger partial charge on any atom is -0.342 e. The van der Waals surface area contributed by atoms with Crippen LogP contribution >= 0.6 is 0 Å². The van der Waals surface area contributed by atoms with Gasteiger partial charge in [-0.3, -0.25) is 0 Å². The van der Waals surface area contributed by atoms with E-state index in [1.165, 1.54) is 0 Å². The Bertz CT molecular complexity index is 203. The summed E-state index contributed by atoms with van der Waals surface area (Å²) in [7, 11) is 0. The predicted octanol–water partition coefficient (Wildman–Crippen LogP) is 0.174. The van der Waals surface area contributed by atoms with Crippen LogP contribution in [-0.2, 0) is 0 Å². The Balaban J connectivity index is 2.35. The average Bonchev–Trinajstić information content (AvgIpc) is 2.32. The minimum atomic E-state index is -4.26. The third-order valence-corrected chi connectivity index (χ3v) is 0.792. The molecule has 0 amide bonds. The quantitative estimate of drug-likeness (QED) is 0.659. The van der Waals surface area contributed by atoms with Crippen LogP contribution in [0.15, 0.2) is 0 Å².